The van der Waals surface area contributed by atoms with Gasteiger partial charge in [-0.2, -0.15) is 0 Å². The molecule has 3 rings (SSSR count). The molecule has 0 saturated heterocycles. The number of nitrogens with zero attached hydrogens (tertiary/aromatic N) is 2. The van der Waals surface area contributed by atoms with Gasteiger partial charge >= 0.3 is 0 Å². The fourth-order valence-corrected chi connectivity index (χ4v) is 2.34. The molecule has 1 unspecified atom stereocenters. The smallest absolute Gasteiger partial charge is 0.169 e. The summed E-state index contributed by atoms with van der Waals surface area (Å²) in [7, 11) is 0. The van der Waals surface area contributed by atoms with Gasteiger partial charge in [0.1, 0.15) is 17.6 Å². The minimum atomic E-state index is -0.444. The second-order valence-corrected chi connectivity index (χ2v) is 4.72. The minimum absolute atomic E-state index is 0.444. The van der Waals surface area contributed by atoms with Crippen molar-refractivity contribution in [1.82, 2.24) is 9.55 Å². The molecule has 1 atom stereocenters. The number of halogens is 1. The second kappa shape index (κ2) is 3.75. The van der Waals surface area contributed by atoms with Gasteiger partial charge in [-0.1, -0.05) is 0 Å². The molecule has 84 valence electrons. The molecule has 0 bridgehead atoms. The third-order valence-corrected chi connectivity index (χ3v) is 3.23. The highest BCUT2D eigenvalue weighted by atomic mass is 79.9. The molecule has 2 aromatic heterocycles. The highest BCUT2D eigenvalue weighted by Crippen LogP contribution is 2.29. The molecule has 0 amide bonds. The Morgan fingerprint density at radius 1 is 1.50 bits per heavy atom. The largest absolute Gasteiger partial charge is 0.448 e. The van der Waals surface area contributed by atoms with E-state index in [9.17, 15) is 5.11 Å². The van der Waals surface area contributed by atoms with E-state index in [-0.39, 0.29) is 0 Å². The molecule has 16 heavy (non-hydrogen) atoms. The van der Waals surface area contributed by atoms with Gasteiger partial charge in [-0.05, 0) is 40.9 Å². The molecule has 0 aliphatic carbocycles. The zero-order valence-electron chi connectivity index (χ0n) is 8.56. The van der Waals surface area contributed by atoms with Crippen molar-refractivity contribution in [2.24, 2.45) is 0 Å². The van der Waals surface area contributed by atoms with Crippen LogP contribution in [-0.2, 0) is 6.54 Å². The van der Waals surface area contributed by atoms with Crippen molar-refractivity contribution in [1.29, 1.82) is 0 Å². The monoisotopic (exact) mass is 282 g/mol. The number of hydrogen-bond acceptors (Lipinski definition) is 3. The van der Waals surface area contributed by atoms with E-state index in [1.807, 2.05) is 22.9 Å². The summed E-state index contributed by atoms with van der Waals surface area (Å²) < 4.78 is 8.13. The molecule has 3 heterocycles. The number of fused-ring (bicyclic) bond motifs is 1. The van der Waals surface area contributed by atoms with Crippen LogP contribution in [-0.4, -0.2) is 14.7 Å². The number of aryl methyl sites for hydroxylation is 1. The lowest BCUT2D eigenvalue weighted by Gasteiger charge is -2.18. The second-order valence-electron chi connectivity index (χ2n) is 3.94. The van der Waals surface area contributed by atoms with Gasteiger partial charge in [0.05, 0.1) is 0 Å². The SMILES string of the molecule is OC1CCCn2cc(-c3ccc(Br)o3)nc21. The zero-order valence-corrected chi connectivity index (χ0v) is 10.1. The lowest BCUT2D eigenvalue weighted by atomic mass is 10.1. The van der Waals surface area contributed by atoms with Crippen LogP contribution in [0.4, 0.5) is 0 Å². The first kappa shape index (κ1) is 10.1. The standard InChI is InChI=1S/C11H11BrN2O2/c12-10-4-3-9(16-10)7-6-14-5-1-2-8(15)11(14)13-7/h3-4,6,8,15H,1-2,5H2. The van der Waals surface area contributed by atoms with E-state index in [2.05, 4.69) is 20.9 Å². The normalized spacial score (nSPS) is 19.8. The molecule has 1 aliphatic heterocycles. The molecule has 2 aromatic rings. The lowest BCUT2D eigenvalue weighted by molar-refractivity contribution is 0.134. The number of imidazole rings is 1. The number of aromatic nitrogens is 2. The number of aliphatic hydroxyl groups is 1. The van der Waals surface area contributed by atoms with Gasteiger partial charge in [0, 0.05) is 12.7 Å². The van der Waals surface area contributed by atoms with Gasteiger partial charge in [-0.3, -0.25) is 0 Å². The summed E-state index contributed by atoms with van der Waals surface area (Å²) in [6.07, 6.45) is 3.27. The van der Waals surface area contributed by atoms with E-state index in [1.165, 1.54) is 0 Å². The third-order valence-electron chi connectivity index (χ3n) is 2.81. The maximum absolute atomic E-state index is 9.80. The van der Waals surface area contributed by atoms with Crippen LogP contribution in [0.2, 0.25) is 0 Å². The molecule has 1 aliphatic rings. The first-order valence-corrected chi connectivity index (χ1v) is 6.04. The first-order chi connectivity index (χ1) is 7.74. The van der Waals surface area contributed by atoms with Crippen LogP contribution in [0.5, 0.6) is 0 Å². The summed E-state index contributed by atoms with van der Waals surface area (Å²) in [4.78, 5) is 4.41. The Hall–Kier alpha value is -1.07. The molecular weight excluding hydrogens is 272 g/mol. The van der Waals surface area contributed by atoms with Crippen LogP contribution in [0.1, 0.15) is 24.8 Å². The fraction of sp³-hybridized carbons (Fsp3) is 0.364. The zero-order chi connectivity index (χ0) is 11.1. The van der Waals surface area contributed by atoms with Crippen LogP contribution in [0.3, 0.4) is 0 Å². The summed E-state index contributed by atoms with van der Waals surface area (Å²) >= 11 is 3.26. The molecule has 4 nitrogen and oxygen atoms in total. The number of hydrogen-bond donors (Lipinski definition) is 1. The van der Waals surface area contributed by atoms with Gasteiger partial charge in [0.15, 0.2) is 10.4 Å². The summed E-state index contributed by atoms with van der Waals surface area (Å²) in [5, 5.41) is 9.80. The average molecular weight is 283 g/mol. The predicted octanol–water partition coefficient (Wildman–Crippen LogP) is 2.73. The highest BCUT2D eigenvalue weighted by Gasteiger charge is 2.21. The fourth-order valence-electron chi connectivity index (χ4n) is 2.03. The molecule has 5 heteroatoms. The van der Waals surface area contributed by atoms with Crippen LogP contribution < -0.4 is 0 Å². The number of furan rings is 1. The number of rotatable bonds is 1. The van der Waals surface area contributed by atoms with Crippen molar-refractivity contribution in [2.75, 3.05) is 0 Å². The Balaban J connectivity index is 2.04. The molecule has 0 aromatic carbocycles. The Labute approximate surface area is 101 Å². The molecule has 0 saturated carbocycles. The summed E-state index contributed by atoms with van der Waals surface area (Å²) in [6.45, 7) is 0.918. The van der Waals surface area contributed by atoms with E-state index < -0.39 is 6.10 Å². The Morgan fingerprint density at radius 3 is 3.06 bits per heavy atom. The highest BCUT2D eigenvalue weighted by molar-refractivity contribution is 9.10. The summed E-state index contributed by atoms with van der Waals surface area (Å²) in [5.41, 5.74) is 0.779. The van der Waals surface area contributed by atoms with Crippen molar-refractivity contribution in [2.45, 2.75) is 25.5 Å². The lowest BCUT2D eigenvalue weighted by Crippen LogP contribution is -2.14. The van der Waals surface area contributed by atoms with Gasteiger partial charge in [-0.25, -0.2) is 4.98 Å². The van der Waals surface area contributed by atoms with Gasteiger partial charge < -0.3 is 14.1 Å². The van der Waals surface area contributed by atoms with Crippen LogP contribution in [0.15, 0.2) is 27.4 Å². The molecule has 0 radical (unpaired) electrons. The van der Waals surface area contributed by atoms with Gasteiger partial charge in [0.25, 0.3) is 0 Å². The maximum Gasteiger partial charge on any atom is 0.169 e. The van der Waals surface area contributed by atoms with E-state index in [0.717, 1.165) is 36.7 Å². The van der Waals surface area contributed by atoms with E-state index in [4.69, 9.17) is 4.42 Å². The van der Waals surface area contributed by atoms with Gasteiger partial charge in [-0.15, -0.1) is 0 Å². The van der Waals surface area contributed by atoms with Crippen LogP contribution >= 0.6 is 15.9 Å². The molecular formula is C11H11BrN2O2. The quantitative estimate of drug-likeness (QED) is 0.875. The number of aliphatic hydroxyl groups excluding tert-OH is 1. The van der Waals surface area contributed by atoms with E-state index >= 15 is 0 Å². The van der Waals surface area contributed by atoms with Crippen molar-refractivity contribution >= 4 is 15.9 Å². The molecule has 1 N–H and O–H groups in total. The topological polar surface area (TPSA) is 51.2 Å². The molecule has 0 spiro atoms. The van der Waals surface area contributed by atoms with Gasteiger partial charge in [0.2, 0.25) is 0 Å². The summed E-state index contributed by atoms with van der Waals surface area (Å²) in [6, 6.07) is 3.70. The summed E-state index contributed by atoms with van der Waals surface area (Å²) in [5.74, 6) is 1.47. The van der Waals surface area contributed by atoms with Crippen molar-refractivity contribution in [3.63, 3.8) is 0 Å². The predicted molar refractivity (Wildman–Crippen MR) is 61.8 cm³/mol. The Morgan fingerprint density at radius 2 is 2.38 bits per heavy atom. The van der Waals surface area contributed by atoms with Crippen LogP contribution in [0.25, 0.3) is 11.5 Å². The van der Waals surface area contributed by atoms with Crippen LogP contribution in [0, 0.1) is 0 Å². The van der Waals surface area contributed by atoms with Crippen molar-refractivity contribution in [3.8, 4) is 11.5 Å². The Kier molecular flexibility index (Phi) is 2.37. The van der Waals surface area contributed by atoms with E-state index in [1.54, 1.807) is 0 Å². The molecule has 0 fully saturated rings. The first-order valence-electron chi connectivity index (χ1n) is 5.25. The van der Waals surface area contributed by atoms with Crippen molar-refractivity contribution < 1.29 is 9.52 Å². The van der Waals surface area contributed by atoms with Crippen molar-refractivity contribution in [3.05, 3.63) is 28.8 Å². The third kappa shape index (κ3) is 1.60. The average Bonchev–Trinajstić information content (AvgIpc) is 2.84. The maximum atomic E-state index is 9.80. The minimum Gasteiger partial charge on any atom is -0.448 e. The Bertz CT molecular complexity index is 518. The van der Waals surface area contributed by atoms with E-state index in [0.29, 0.717) is 4.67 Å².